The van der Waals surface area contributed by atoms with Crippen molar-refractivity contribution in [1.29, 1.82) is 0 Å². The lowest BCUT2D eigenvalue weighted by atomic mass is 9.71. The molecule has 2 aliphatic rings. The van der Waals surface area contributed by atoms with Crippen molar-refractivity contribution in [2.75, 3.05) is 6.61 Å². The standard InChI is InChI=1S/C29H45F3NO7P/c1-26(2,3)19-9-12-21(13-10-19)40-23-15-8-18-16-20(11-14-22(18)24(23)29(30,31)32)28(7,17-39-41(36,37)38)33(25(34)35)27(4,5)6/h8,15,19-21H,9-14,16-17H2,1-7H3,(H,34,35)(H2,36,37,38)/t19-,20-,21-,28-/m0/s1. The molecule has 0 spiro atoms. The van der Waals surface area contributed by atoms with Gasteiger partial charge in [0.1, 0.15) is 11.3 Å². The molecule has 0 unspecified atom stereocenters. The highest BCUT2D eigenvalue weighted by Gasteiger charge is 2.50. The third kappa shape index (κ3) is 7.98. The minimum Gasteiger partial charge on any atom is -0.490 e. The van der Waals surface area contributed by atoms with Gasteiger partial charge in [0.15, 0.2) is 0 Å². The van der Waals surface area contributed by atoms with Crippen molar-refractivity contribution < 1.29 is 46.7 Å². The predicted molar refractivity (Wildman–Crippen MR) is 149 cm³/mol. The van der Waals surface area contributed by atoms with Crippen LogP contribution in [0.2, 0.25) is 0 Å². The van der Waals surface area contributed by atoms with Crippen LogP contribution in [0.5, 0.6) is 5.75 Å². The van der Waals surface area contributed by atoms with E-state index in [9.17, 15) is 37.4 Å². The second-order valence-electron chi connectivity index (χ2n) is 13.9. The number of phosphoric ester groups is 1. The van der Waals surface area contributed by atoms with Gasteiger partial charge in [-0.25, -0.2) is 9.36 Å². The molecule has 1 aromatic rings. The highest BCUT2D eigenvalue weighted by Crippen LogP contribution is 2.48. The van der Waals surface area contributed by atoms with Crippen LogP contribution in [-0.2, 0) is 28.1 Å². The second kappa shape index (κ2) is 11.7. The van der Waals surface area contributed by atoms with Crippen LogP contribution in [-0.4, -0.2) is 49.7 Å². The summed E-state index contributed by atoms with van der Waals surface area (Å²) in [7, 11) is -4.95. The Morgan fingerprint density at radius 3 is 2.02 bits per heavy atom. The van der Waals surface area contributed by atoms with Gasteiger partial charge in [-0.1, -0.05) is 26.8 Å². The van der Waals surface area contributed by atoms with Crippen molar-refractivity contribution in [3.05, 3.63) is 28.8 Å². The molecule has 8 nitrogen and oxygen atoms in total. The molecule has 1 aromatic carbocycles. The van der Waals surface area contributed by atoms with Crippen molar-refractivity contribution in [2.24, 2.45) is 17.3 Å². The summed E-state index contributed by atoms with van der Waals surface area (Å²) in [4.78, 5) is 32.3. The fourth-order valence-electron chi connectivity index (χ4n) is 6.85. The quantitative estimate of drug-likeness (QED) is 0.276. The summed E-state index contributed by atoms with van der Waals surface area (Å²) < 4.78 is 66.0. The van der Waals surface area contributed by atoms with Gasteiger partial charge in [0, 0.05) is 5.54 Å². The smallest absolute Gasteiger partial charge is 0.469 e. The number of hydrogen-bond donors (Lipinski definition) is 3. The first-order chi connectivity index (χ1) is 18.5. The third-order valence-corrected chi connectivity index (χ3v) is 9.30. The summed E-state index contributed by atoms with van der Waals surface area (Å²) in [6, 6.07) is 2.97. The number of fused-ring (bicyclic) bond motifs is 1. The van der Waals surface area contributed by atoms with Crippen molar-refractivity contribution in [3.63, 3.8) is 0 Å². The average Bonchev–Trinajstić information content (AvgIpc) is 2.79. The van der Waals surface area contributed by atoms with E-state index in [0.29, 0.717) is 24.3 Å². The van der Waals surface area contributed by atoms with Crippen LogP contribution in [0.1, 0.15) is 97.3 Å². The zero-order chi connectivity index (χ0) is 31.2. The molecular formula is C29H45F3NO7P. The summed E-state index contributed by atoms with van der Waals surface area (Å²) in [5.41, 5.74) is -2.53. The molecule has 0 aromatic heterocycles. The molecule has 1 fully saturated rings. The number of alkyl halides is 3. The van der Waals surface area contributed by atoms with Crippen LogP contribution >= 0.6 is 7.82 Å². The third-order valence-electron chi connectivity index (χ3n) is 8.83. The van der Waals surface area contributed by atoms with E-state index < -0.39 is 49.3 Å². The van der Waals surface area contributed by atoms with Gasteiger partial charge in [-0.2, -0.15) is 13.2 Å². The minimum atomic E-state index is -4.95. The molecule has 0 saturated heterocycles. The van der Waals surface area contributed by atoms with Crippen LogP contribution in [0.15, 0.2) is 12.1 Å². The molecule has 234 valence electrons. The van der Waals surface area contributed by atoms with Crippen LogP contribution in [0, 0.1) is 17.3 Å². The maximum atomic E-state index is 14.5. The predicted octanol–water partition coefficient (Wildman–Crippen LogP) is 7.44. The van der Waals surface area contributed by atoms with Crippen LogP contribution in [0.25, 0.3) is 0 Å². The lowest BCUT2D eigenvalue weighted by Crippen LogP contribution is -2.64. The number of rotatable bonds is 7. The fraction of sp³-hybridized carbons (Fsp3) is 0.759. The van der Waals surface area contributed by atoms with Crippen LogP contribution in [0.4, 0.5) is 18.0 Å². The Kier molecular flexibility index (Phi) is 9.61. The van der Waals surface area contributed by atoms with Gasteiger partial charge in [0.05, 0.1) is 18.2 Å². The molecule has 41 heavy (non-hydrogen) atoms. The fourth-order valence-corrected chi connectivity index (χ4v) is 7.28. The van der Waals surface area contributed by atoms with E-state index in [2.05, 4.69) is 20.8 Å². The highest BCUT2D eigenvalue weighted by molar-refractivity contribution is 7.46. The molecule has 3 rings (SSSR count). The highest BCUT2D eigenvalue weighted by atomic mass is 31.2. The average molecular weight is 608 g/mol. The van der Waals surface area contributed by atoms with E-state index in [-0.39, 0.29) is 42.1 Å². The van der Waals surface area contributed by atoms with E-state index in [1.165, 1.54) is 13.0 Å². The number of amides is 1. The van der Waals surface area contributed by atoms with Crippen molar-refractivity contribution in [1.82, 2.24) is 4.90 Å². The maximum absolute atomic E-state index is 14.5. The number of benzene rings is 1. The Morgan fingerprint density at radius 2 is 1.56 bits per heavy atom. The largest absolute Gasteiger partial charge is 0.490 e. The molecular weight excluding hydrogens is 562 g/mol. The Morgan fingerprint density at radius 1 is 0.976 bits per heavy atom. The molecule has 0 bridgehead atoms. The zero-order valence-corrected chi connectivity index (χ0v) is 25.9. The molecule has 12 heteroatoms. The monoisotopic (exact) mass is 607 g/mol. The van der Waals surface area contributed by atoms with Crippen LogP contribution < -0.4 is 4.74 Å². The van der Waals surface area contributed by atoms with Gasteiger partial charge in [-0.15, -0.1) is 0 Å². The number of carboxylic acid groups (broad SMARTS) is 1. The van der Waals surface area contributed by atoms with Crippen molar-refractivity contribution in [3.8, 4) is 5.75 Å². The number of phosphoric acid groups is 1. The zero-order valence-electron chi connectivity index (χ0n) is 25.0. The van der Waals surface area contributed by atoms with Gasteiger partial charge in [0.2, 0.25) is 0 Å². The van der Waals surface area contributed by atoms with Crippen LogP contribution in [0.3, 0.4) is 0 Å². The summed E-state index contributed by atoms with van der Waals surface area (Å²) in [5, 5.41) is 10.1. The lowest BCUT2D eigenvalue weighted by molar-refractivity contribution is -0.140. The number of ether oxygens (including phenoxy) is 1. The summed E-state index contributed by atoms with van der Waals surface area (Å²) in [6.45, 7) is 12.4. The Hall–Kier alpha value is -1.81. The normalized spacial score (nSPS) is 23.9. The molecule has 1 saturated carbocycles. The second-order valence-corrected chi connectivity index (χ2v) is 15.1. The van der Waals surface area contributed by atoms with E-state index >= 15 is 0 Å². The first kappa shape index (κ1) is 33.7. The molecule has 0 heterocycles. The van der Waals surface area contributed by atoms with E-state index in [1.54, 1.807) is 26.8 Å². The molecule has 0 radical (unpaired) electrons. The maximum Gasteiger partial charge on any atom is 0.469 e. The van der Waals surface area contributed by atoms with E-state index in [4.69, 9.17) is 9.26 Å². The summed E-state index contributed by atoms with van der Waals surface area (Å²) in [5.74, 6) is -0.256. The lowest BCUT2D eigenvalue weighted by Gasteiger charge is -2.52. The number of halogens is 3. The van der Waals surface area contributed by atoms with E-state index in [0.717, 1.165) is 17.7 Å². The van der Waals surface area contributed by atoms with Gasteiger partial charge >= 0.3 is 20.1 Å². The number of nitrogens with zero attached hydrogens (tertiary/aromatic N) is 1. The van der Waals surface area contributed by atoms with Gasteiger partial charge < -0.3 is 19.6 Å². The SMILES string of the molecule is CC(C)(C)N(C(=O)O)[C@@](C)(COP(=O)(O)O)[C@H]1CCc2c(ccc(O[C@H]3CC[C@H](C(C)(C)C)CC3)c2C(F)(F)F)C1. The molecule has 2 atom stereocenters. The number of carbonyl (C=O) groups is 1. The molecule has 2 aliphatic carbocycles. The Labute approximate surface area is 240 Å². The van der Waals surface area contributed by atoms with Crippen molar-refractivity contribution in [2.45, 2.75) is 117 Å². The van der Waals surface area contributed by atoms with Gasteiger partial charge in [-0.3, -0.25) is 9.42 Å². The molecule has 0 aliphatic heterocycles. The number of hydrogen-bond acceptors (Lipinski definition) is 4. The van der Waals surface area contributed by atoms with Crippen molar-refractivity contribution >= 4 is 13.9 Å². The van der Waals surface area contributed by atoms with Gasteiger partial charge in [0.25, 0.3) is 0 Å². The minimum absolute atomic E-state index is 0.00586. The first-order valence-corrected chi connectivity index (χ1v) is 15.7. The Balaban J connectivity index is 1.95. The summed E-state index contributed by atoms with van der Waals surface area (Å²) in [6.07, 6.45) is -2.85. The van der Waals surface area contributed by atoms with E-state index in [1.807, 2.05) is 0 Å². The summed E-state index contributed by atoms with van der Waals surface area (Å²) >= 11 is 0. The molecule has 3 N–H and O–H groups in total. The van der Waals surface area contributed by atoms with Gasteiger partial charge in [-0.05, 0) is 107 Å². The first-order valence-electron chi connectivity index (χ1n) is 14.2. The molecule has 1 amide bonds. The topological polar surface area (TPSA) is 117 Å². The Bertz CT molecular complexity index is 1150.